The molecule has 0 saturated carbocycles. The third-order valence-electron chi connectivity index (χ3n) is 3.28. The molecule has 0 bridgehead atoms. The first-order chi connectivity index (χ1) is 9.93. The molecule has 1 aromatic carbocycles. The van der Waals surface area contributed by atoms with Gasteiger partial charge in [-0.25, -0.2) is 0 Å². The second kappa shape index (κ2) is 4.87. The third kappa shape index (κ3) is 2.74. The van der Waals surface area contributed by atoms with E-state index in [-0.39, 0.29) is 0 Å². The van der Waals surface area contributed by atoms with Crippen molar-refractivity contribution in [2.75, 3.05) is 0 Å². The molecule has 3 nitrogen and oxygen atoms in total. The number of hydrogen-bond donors (Lipinski definition) is 0. The number of aromatic nitrogens is 3. The first-order valence-corrected chi connectivity index (χ1v) is 6.40. The molecule has 2 heterocycles. The number of rotatable bonds is 2. The predicted molar refractivity (Wildman–Crippen MR) is 72.0 cm³/mol. The van der Waals surface area contributed by atoms with Gasteiger partial charge in [0, 0.05) is 12.6 Å². The van der Waals surface area contributed by atoms with Crippen LogP contribution in [-0.2, 0) is 12.6 Å². The highest BCUT2D eigenvalue weighted by Gasteiger charge is 2.29. The minimum atomic E-state index is -4.31. The zero-order valence-electron chi connectivity index (χ0n) is 11.2. The van der Waals surface area contributed by atoms with Crippen LogP contribution in [0.3, 0.4) is 0 Å². The molecule has 0 amide bonds. The monoisotopic (exact) mass is 291 g/mol. The molecule has 0 unspecified atom stereocenters. The lowest BCUT2D eigenvalue weighted by Gasteiger charge is -2.07. The van der Waals surface area contributed by atoms with Crippen molar-refractivity contribution in [3.63, 3.8) is 0 Å². The average Bonchev–Trinajstić information content (AvgIpc) is 2.80. The summed E-state index contributed by atoms with van der Waals surface area (Å²) in [6.07, 6.45) is -2.01. The zero-order valence-corrected chi connectivity index (χ0v) is 11.2. The lowest BCUT2D eigenvalue weighted by molar-refractivity contribution is -0.137. The van der Waals surface area contributed by atoms with E-state index < -0.39 is 11.7 Å². The SMILES string of the molecule is Cc1ccn2c(Cc3ccc(C(F)(F)F)cc3)nnc2c1. The molecule has 6 heteroatoms. The summed E-state index contributed by atoms with van der Waals surface area (Å²) < 4.78 is 39.4. The molecular weight excluding hydrogens is 279 g/mol. The van der Waals surface area contributed by atoms with Crippen molar-refractivity contribution < 1.29 is 13.2 Å². The molecule has 0 radical (unpaired) electrons. The van der Waals surface area contributed by atoms with Crippen LogP contribution < -0.4 is 0 Å². The van der Waals surface area contributed by atoms with Crippen LogP contribution in [0.1, 0.15) is 22.5 Å². The van der Waals surface area contributed by atoms with Gasteiger partial charge in [-0.05, 0) is 42.3 Å². The van der Waals surface area contributed by atoms with Gasteiger partial charge in [-0.3, -0.25) is 4.40 Å². The summed E-state index contributed by atoms with van der Waals surface area (Å²) in [4.78, 5) is 0. The Morgan fingerprint density at radius 3 is 2.43 bits per heavy atom. The van der Waals surface area contributed by atoms with Crippen molar-refractivity contribution in [2.24, 2.45) is 0 Å². The van der Waals surface area contributed by atoms with Crippen LogP contribution in [0.5, 0.6) is 0 Å². The second-order valence-electron chi connectivity index (χ2n) is 4.92. The van der Waals surface area contributed by atoms with E-state index in [1.54, 1.807) is 0 Å². The van der Waals surface area contributed by atoms with Gasteiger partial charge in [0.25, 0.3) is 0 Å². The van der Waals surface area contributed by atoms with Crippen LogP contribution in [0.25, 0.3) is 5.65 Å². The standard InChI is InChI=1S/C15H12F3N3/c1-10-6-7-21-13(8-10)19-20-14(21)9-11-2-4-12(5-3-11)15(16,17)18/h2-8H,9H2,1H3. The molecule has 108 valence electrons. The van der Waals surface area contributed by atoms with Crippen LogP contribution in [0.2, 0.25) is 0 Å². The Labute approximate surface area is 119 Å². The van der Waals surface area contributed by atoms with E-state index in [1.807, 2.05) is 29.7 Å². The maximum atomic E-state index is 12.5. The van der Waals surface area contributed by atoms with E-state index >= 15 is 0 Å². The summed E-state index contributed by atoms with van der Waals surface area (Å²) in [6, 6.07) is 8.96. The van der Waals surface area contributed by atoms with Crippen molar-refractivity contribution in [1.29, 1.82) is 0 Å². The molecule has 0 fully saturated rings. The van der Waals surface area contributed by atoms with Gasteiger partial charge in [-0.1, -0.05) is 12.1 Å². The summed E-state index contributed by atoms with van der Waals surface area (Å²) >= 11 is 0. The van der Waals surface area contributed by atoms with Gasteiger partial charge in [-0.2, -0.15) is 13.2 Å². The molecule has 3 rings (SSSR count). The summed E-state index contributed by atoms with van der Waals surface area (Å²) in [7, 11) is 0. The van der Waals surface area contributed by atoms with Gasteiger partial charge in [-0.15, -0.1) is 10.2 Å². The number of fused-ring (bicyclic) bond motifs is 1. The molecule has 21 heavy (non-hydrogen) atoms. The molecule has 0 aliphatic carbocycles. The lowest BCUT2D eigenvalue weighted by atomic mass is 10.1. The molecular formula is C15H12F3N3. The maximum Gasteiger partial charge on any atom is 0.416 e. The van der Waals surface area contributed by atoms with Crippen LogP contribution in [0.15, 0.2) is 42.6 Å². The number of pyridine rings is 1. The summed E-state index contributed by atoms with van der Waals surface area (Å²) in [5.41, 5.74) is 1.93. The number of benzene rings is 1. The van der Waals surface area contributed by atoms with Crippen molar-refractivity contribution in [3.05, 3.63) is 65.1 Å². The summed E-state index contributed by atoms with van der Waals surface area (Å²) in [6.45, 7) is 1.96. The van der Waals surface area contributed by atoms with E-state index in [1.165, 1.54) is 12.1 Å². The van der Waals surface area contributed by atoms with Gasteiger partial charge in [0.1, 0.15) is 5.82 Å². The van der Waals surface area contributed by atoms with Gasteiger partial charge >= 0.3 is 6.18 Å². The largest absolute Gasteiger partial charge is 0.416 e. The number of halogens is 3. The fourth-order valence-corrected chi connectivity index (χ4v) is 2.16. The fraction of sp³-hybridized carbons (Fsp3) is 0.200. The number of aryl methyl sites for hydroxylation is 1. The fourth-order valence-electron chi connectivity index (χ4n) is 2.16. The van der Waals surface area contributed by atoms with Crippen molar-refractivity contribution >= 4 is 5.65 Å². The second-order valence-corrected chi connectivity index (χ2v) is 4.92. The Balaban J connectivity index is 1.88. The first-order valence-electron chi connectivity index (χ1n) is 6.40. The lowest BCUT2D eigenvalue weighted by Crippen LogP contribution is -2.05. The third-order valence-corrected chi connectivity index (χ3v) is 3.28. The smallest absolute Gasteiger partial charge is 0.286 e. The van der Waals surface area contributed by atoms with Crippen molar-refractivity contribution in [2.45, 2.75) is 19.5 Å². The highest BCUT2D eigenvalue weighted by molar-refractivity contribution is 5.41. The van der Waals surface area contributed by atoms with Gasteiger partial charge in [0.15, 0.2) is 5.65 Å². The van der Waals surface area contributed by atoms with Crippen LogP contribution in [0, 0.1) is 6.92 Å². The first kappa shape index (κ1) is 13.6. The number of hydrogen-bond acceptors (Lipinski definition) is 2. The average molecular weight is 291 g/mol. The number of alkyl halides is 3. The molecule has 0 aliphatic heterocycles. The van der Waals surface area contributed by atoms with Gasteiger partial charge in [0.2, 0.25) is 0 Å². The topological polar surface area (TPSA) is 30.2 Å². The molecule has 3 aromatic rings. The van der Waals surface area contributed by atoms with Crippen LogP contribution in [-0.4, -0.2) is 14.6 Å². The minimum absolute atomic E-state index is 0.433. The highest BCUT2D eigenvalue weighted by atomic mass is 19.4. The molecule has 2 aromatic heterocycles. The van der Waals surface area contributed by atoms with E-state index in [4.69, 9.17) is 0 Å². The zero-order chi connectivity index (χ0) is 15.0. The number of nitrogens with zero attached hydrogens (tertiary/aromatic N) is 3. The Bertz CT molecular complexity index is 773. The van der Waals surface area contributed by atoms with Crippen molar-refractivity contribution in [1.82, 2.24) is 14.6 Å². The Morgan fingerprint density at radius 1 is 1.05 bits per heavy atom. The highest BCUT2D eigenvalue weighted by Crippen LogP contribution is 2.29. The van der Waals surface area contributed by atoms with Crippen molar-refractivity contribution in [3.8, 4) is 0 Å². The van der Waals surface area contributed by atoms with Gasteiger partial charge < -0.3 is 0 Å². The molecule has 0 saturated heterocycles. The van der Waals surface area contributed by atoms with E-state index in [0.29, 0.717) is 12.2 Å². The van der Waals surface area contributed by atoms with Crippen LogP contribution in [0.4, 0.5) is 13.2 Å². The van der Waals surface area contributed by atoms with Crippen LogP contribution >= 0.6 is 0 Å². The van der Waals surface area contributed by atoms with Gasteiger partial charge in [0.05, 0.1) is 5.56 Å². The van der Waals surface area contributed by atoms with E-state index in [2.05, 4.69) is 10.2 Å². The summed E-state index contributed by atoms with van der Waals surface area (Å²) in [5, 5.41) is 8.16. The summed E-state index contributed by atoms with van der Waals surface area (Å²) in [5.74, 6) is 0.699. The molecule has 0 spiro atoms. The Hall–Kier alpha value is -2.37. The Kier molecular flexibility index (Phi) is 3.16. The maximum absolute atomic E-state index is 12.5. The quantitative estimate of drug-likeness (QED) is 0.721. The normalized spacial score (nSPS) is 12.0. The predicted octanol–water partition coefficient (Wildman–Crippen LogP) is 3.65. The minimum Gasteiger partial charge on any atom is -0.286 e. The van der Waals surface area contributed by atoms with E-state index in [0.717, 1.165) is 28.9 Å². The molecule has 0 N–H and O–H groups in total. The molecule has 0 aliphatic rings. The molecule has 0 atom stereocenters. The van der Waals surface area contributed by atoms with E-state index in [9.17, 15) is 13.2 Å². The Morgan fingerprint density at radius 2 is 1.76 bits per heavy atom.